The molecule has 0 aliphatic rings. The van der Waals surface area contributed by atoms with E-state index in [-0.39, 0.29) is 23.8 Å². The van der Waals surface area contributed by atoms with Gasteiger partial charge in [-0.3, -0.25) is 0 Å². The van der Waals surface area contributed by atoms with Gasteiger partial charge in [-0.05, 0) is 49.0 Å². The van der Waals surface area contributed by atoms with Crippen molar-refractivity contribution in [3.05, 3.63) is 34.4 Å². The Morgan fingerprint density at radius 2 is 1.57 bits per heavy atom. The number of rotatable bonds is 6. The van der Waals surface area contributed by atoms with E-state index in [0.717, 1.165) is 30.8 Å². The molecule has 0 radical (unpaired) electrons. The van der Waals surface area contributed by atoms with E-state index in [4.69, 9.17) is 4.74 Å². The lowest BCUT2D eigenvalue weighted by Gasteiger charge is -2.22. The Morgan fingerprint density at radius 3 is 1.96 bits per heavy atom. The van der Waals surface area contributed by atoms with Crippen LogP contribution in [0.3, 0.4) is 0 Å². The Kier molecular flexibility index (Phi) is 8.86. The van der Waals surface area contributed by atoms with Gasteiger partial charge in [0, 0.05) is 6.54 Å². The summed E-state index contributed by atoms with van der Waals surface area (Å²) in [6.45, 7) is 18.0. The molecule has 0 aliphatic heterocycles. The first-order chi connectivity index (χ1) is 10.2. The van der Waals surface area contributed by atoms with Crippen molar-refractivity contribution >= 4 is 18.4 Å². The molecule has 0 fully saturated rings. The maximum absolute atomic E-state index is 12.4. The maximum atomic E-state index is 12.4. The Hall–Kier alpha value is -1.06. The molecule has 4 heteroatoms. The van der Waals surface area contributed by atoms with Gasteiger partial charge in [0.2, 0.25) is 0 Å². The van der Waals surface area contributed by atoms with E-state index >= 15 is 0 Å². The van der Waals surface area contributed by atoms with E-state index in [9.17, 15) is 4.79 Å². The van der Waals surface area contributed by atoms with Gasteiger partial charge >= 0.3 is 5.97 Å². The van der Waals surface area contributed by atoms with Crippen molar-refractivity contribution in [2.45, 2.75) is 53.9 Å². The molecule has 23 heavy (non-hydrogen) atoms. The largest absolute Gasteiger partial charge is 0.461 e. The van der Waals surface area contributed by atoms with Crippen LogP contribution in [0, 0.1) is 13.8 Å². The Morgan fingerprint density at radius 1 is 1.09 bits per heavy atom. The van der Waals surface area contributed by atoms with Gasteiger partial charge in [-0.15, -0.1) is 12.4 Å². The molecule has 1 aromatic carbocycles. The van der Waals surface area contributed by atoms with Gasteiger partial charge in [-0.1, -0.05) is 46.8 Å². The van der Waals surface area contributed by atoms with Gasteiger partial charge in [0.25, 0.3) is 0 Å². The lowest BCUT2D eigenvalue weighted by molar-refractivity contribution is 0.0464. The molecule has 0 aliphatic carbocycles. The number of aryl methyl sites for hydroxylation is 2. The van der Waals surface area contributed by atoms with E-state index in [1.54, 1.807) is 0 Å². The number of carbonyl (C=O) groups excluding carboxylic acids is 1. The standard InChI is InChI=1S/C19H31NO2.ClH/c1-8-20(9-2)10-11-22-18(21)17-14(3)12-16(13-15(17)4)19(5,6)7;/h12-13H,8-11H2,1-7H3;1H. The third-order valence-corrected chi connectivity index (χ3v) is 4.14. The van der Waals surface area contributed by atoms with Crippen molar-refractivity contribution in [2.24, 2.45) is 0 Å². The van der Waals surface area contributed by atoms with E-state index in [1.165, 1.54) is 5.56 Å². The first kappa shape index (κ1) is 21.9. The predicted octanol–water partition coefficient (Wildman–Crippen LogP) is 4.52. The van der Waals surface area contributed by atoms with Crippen molar-refractivity contribution < 1.29 is 9.53 Å². The number of halogens is 1. The van der Waals surface area contributed by atoms with Crippen LogP contribution >= 0.6 is 12.4 Å². The monoisotopic (exact) mass is 341 g/mol. The molecule has 0 bridgehead atoms. The zero-order chi connectivity index (χ0) is 16.9. The molecule has 132 valence electrons. The highest BCUT2D eigenvalue weighted by molar-refractivity contribution is 5.92. The second kappa shape index (κ2) is 9.29. The smallest absolute Gasteiger partial charge is 0.338 e. The van der Waals surface area contributed by atoms with Crippen LogP contribution in [0.25, 0.3) is 0 Å². The van der Waals surface area contributed by atoms with E-state index in [1.807, 2.05) is 13.8 Å². The van der Waals surface area contributed by atoms with Crippen LogP contribution in [0.4, 0.5) is 0 Å². The summed E-state index contributed by atoms with van der Waals surface area (Å²) in [5.74, 6) is -0.206. The molecular weight excluding hydrogens is 310 g/mol. The van der Waals surface area contributed by atoms with Crippen molar-refractivity contribution in [1.29, 1.82) is 0 Å². The molecule has 0 aromatic heterocycles. The SMILES string of the molecule is CCN(CC)CCOC(=O)c1c(C)cc(C(C)(C)C)cc1C.Cl. The predicted molar refractivity (Wildman–Crippen MR) is 99.9 cm³/mol. The number of carbonyl (C=O) groups is 1. The van der Waals surface area contributed by atoms with Crippen LogP contribution in [0.5, 0.6) is 0 Å². The summed E-state index contributed by atoms with van der Waals surface area (Å²) in [6.07, 6.45) is 0. The van der Waals surface area contributed by atoms with Crippen molar-refractivity contribution in [3.63, 3.8) is 0 Å². The third kappa shape index (κ3) is 6.15. The van der Waals surface area contributed by atoms with Gasteiger partial charge in [0.1, 0.15) is 6.61 Å². The number of benzene rings is 1. The molecule has 0 N–H and O–H groups in total. The normalized spacial score (nSPS) is 11.3. The molecule has 0 atom stereocenters. The average Bonchev–Trinajstić information content (AvgIpc) is 2.41. The van der Waals surface area contributed by atoms with Crippen LogP contribution in [-0.4, -0.2) is 37.1 Å². The number of likely N-dealkylation sites (N-methyl/N-ethyl adjacent to an activating group) is 1. The Balaban J connectivity index is 0.00000484. The lowest BCUT2D eigenvalue weighted by Crippen LogP contribution is -2.28. The molecule has 0 saturated heterocycles. The van der Waals surface area contributed by atoms with Gasteiger partial charge in [-0.2, -0.15) is 0 Å². The molecular formula is C19H32ClNO2. The summed E-state index contributed by atoms with van der Waals surface area (Å²) in [6, 6.07) is 4.21. The number of hydrogen-bond donors (Lipinski definition) is 0. The van der Waals surface area contributed by atoms with Gasteiger partial charge in [0.05, 0.1) is 5.56 Å². The maximum Gasteiger partial charge on any atom is 0.338 e. The summed E-state index contributed by atoms with van der Waals surface area (Å²) in [7, 11) is 0. The highest BCUT2D eigenvalue weighted by atomic mass is 35.5. The molecule has 0 amide bonds. The summed E-state index contributed by atoms with van der Waals surface area (Å²) >= 11 is 0. The highest BCUT2D eigenvalue weighted by Crippen LogP contribution is 2.27. The third-order valence-electron chi connectivity index (χ3n) is 4.14. The molecule has 0 spiro atoms. The van der Waals surface area contributed by atoms with E-state index in [0.29, 0.717) is 12.2 Å². The average molecular weight is 342 g/mol. The molecule has 0 saturated carbocycles. The minimum absolute atomic E-state index is 0. The van der Waals surface area contributed by atoms with Crippen LogP contribution in [0.15, 0.2) is 12.1 Å². The van der Waals surface area contributed by atoms with Gasteiger partial charge in [0.15, 0.2) is 0 Å². The van der Waals surface area contributed by atoms with Crippen molar-refractivity contribution in [1.82, 2.24) is 4.90 Å². The fourth-order valence-electron chi connectivity index (χ4n) is 2.60. The minimum Gasteiger partial charge on any atom is -0.461 e. The fourth-order valence-corrected chi connectivity index (χ4v) is 2.60. The molecule has 0 unspecified atom stereocenters. The zero-order valence-corrected chi connectivity index (χ0v) is 16.5. The van der Waals surface area contributed by atoms with Gasteiger partial charge < -0.3 is 9.64 Å². The fraction of sp³-hybridized carbons (Fsp3) is 0.632. The summed E-state index contributed by atoms with van der Waals surface area (Å²) in [4.78, 5) is 14.6. The van der Waals surface area contributed by atoms with Crippen LogP contribution in [-0.2, 0) is 10.2 Å². The van der Waals surface area contributed by atoms with E-state index in [2.05, 4.69) is 51.7 Å². The molecule has 0 heterocycles. The zero-order valence-electron chi connectivity index (χ0n) is 15.7. The number of esters is 1. The Bertz CT molecular complexity index is 494. The van der Waals surface area contributed by atoms with Crippen LogP contribution in [0.2, 0.25) is 0 Å². The number of ether oxygens (including phenoxy) is 1. The van der Waals surface area contributed by atoms with Crippen molar-refractivity contribution in [2.75, 3.05) is 26.2 Å². The number of hydrogen-bond acceptors (Lipinski definition) is 3. The summed E-state index contributed by atoms with van der Waals surface area (Å²) in [5.41, 5.74) is 4.05. The lowest BCUT2D eigenvalue weighted by atomic mass is 9.84. The minimum atomic E-state index is -0.206. The quantitative estimate of drug-likeness (QED) is 0.712. The second-order valence-corrected chi connectivity index (χ2v) is 6.90. The van der Waals surface area contributed by atoms with Crippen LogP contribution < -0.4 is 0 Å². The summed E-state index contributed by atoms with van der Waals surface area (Å²) < 4.78 is 5.47. The van der Waals surface area contributed by atoms with Crippen LogP contribution in [0.1, 0.15) is 61.7 Å². The summed E-state index contributed by atoms with van der Waals surface area (Å²) in [5, 5.41) is 0. The topological polar surface area (TPSA) is 29.5 Å². The van der Waals surface area contributed by atoms with E-state index < -0.39 is 0 Å². The Labute approximate surface area is 147 Å². The highest BCUT2D eigenvalue weighted by Gasteiger charge is 2.20. The first-order valence-electron chi connectivity index (χ1n) is 8.21. The molecule has 1 rings (SSSR count). The second-order valence-electron chi connectivity index (χ2n) is 6.90. The molecule has 1 aromatic rings. The first-order valence-corrected chi connectivity index (χ1v) is 8.21. The van der Waals surface area contributed by atoms with Gasteiger partial charge in [-0.25, -0.2) is 4.79 Å². The van der Waals surface area contributed by atoms with Crippen molar-refractivity contribution in [3.8, 4) is 0 Å². The number of nitrogens with zero attached hydrogens (tertiary/aromatic N) is 1. The molecule has 3 nitrogen and oxygen atoms in total.